The molecule has 8 heteroatoms. The maximum absolute atomic E-state index is 12.8. The number of nitrogens with zero attached hydrogens (tertiary/aromatic N) is 1. The summed E-state index contributed by atoms with van der Waals surface area (Å²) in [6.45, 7) is 6.25. The molecule has 0 saturated carbocycles. The topological polar surface area (TPSA) is 47.6 Å². The van der Waals surface area contributed by atoms with Crippen LogP contribution in [0.2, 0.25) is 0 Å². The Morgan fingerprint density at radius 2 is 1.93 bits per heavy atom. The van der Waals surface area contributed by atoms with Gasteiger partial charge in [-0.2, -0.15) is 13.2 Å². The highest BCUT2D eigenvalue weighted by atomic mass is 32.2. The van der Waals surface area contributed by atoms with Crippen molar-refractivity contribution >= 4 is 11.4 Å². The van der Waals surface area contributed by atoms with Gasteiger partial charge < -0.3 is 9.29 Å². The monoisotopic (exact) mass is 426 g/mol. The van der Waals surface area contributed by atoms with Gasteiger partial charge >= 0.3 is 6.18 Å². The molecule has 1 aliphatic heterocycles. The van der Waals surface area contributed by atoms with E-state index in [1.165, 1.54) is 12.1 Å². The molecule has 0 spiro atoms. The highest BCUT2D eigenvalue weighted by Crippen LogP contribution is 2.30. The van der Waals surface area contributed by atoms with Gasteiger partial charge in [0.2, 0.25) is 0 Å². The molecule has 0 bridgehead atoms. The van der Waals surface area contributed by atoms with Gasteiger partial charge in [-0.25, -0.2) is 0 Å². The summed E-state index contributed by atoms with van der Waals surface area (Å²) >= 11 is -1.68. The summed E-state index contributed by atoms with van der Waals surface area (Å²) in [5.74, 6) is 0.834. The number of nitrogens with one attached hydrogen (secondary N) is 1. The van der Waals surface area contributed by atoms with Crippen molar-refractivity contribution in [1.29, 1.82) is 0 Å². The van der Waals surface area contributed by atoms with Crippen molar-refractivity contribution in [3.05, 3.63) is 59.7 Å². The quantitative estimate of drug-likeness (QED) is 0.668. The van der Waals surface area contributed by atoms with Crippen LogP contribution >= 0.6 is 0 Å². The van der Waals surface area contributed by atoms with Crippen LogP contribution in [0, 0.1) is 0 Å². The fraction of sp³-hybridized carbons (Fsp3) is 0.429. The third-order valence-electron chi connectivity index (χ3n) is 4.62. The van der Waals surface area contributed by atoms with E-state index in [1.807, 2.05) is 38.1 Å². The number of benzene rings is 2. The Labute approximate surface area is 172 Å². The van der Waals surface area contributed by atoms with E-state index in [1.54, 1.807) is 0 Å². The largest absolute Gasteiger partial charge is 0.593 e. The molecule has 0 aliphatic carbocycles. The number of alkyl halides is 3. The lowest BCUT2D eigenvalue weighted by molar-refractivity contribution is -0.137. The predicted octanol–water partition coefficient (Wildman–Crippen LogP) is 4.38. The number of hydrogen-bond donors (Lipinski definition) is 1. The summed E-state index contributed by atoms with van der Waals surface area (Å²) in [7, 11) is 0. The Kier molecular flexibility index (Phi) is 7.10. The van der Waals surface area contributed by atoms with Gasteiger partial charge in [0.05, 0.1) is 29.1 Å². The van der Waals surface area contributed by atoms with Gasteiger partial charge in [0, 0.05) is 25.7 Å². The van der Waals surface area contributed by atoms with E-state index in [0.717, 1.165) is 43.0 Å². The first-order valence-corrected chi connectivity index (χ1v) is 10.7. The minimum absolute atomic E-state index is 0.0334. The van der Waals surface area contributed by atoms with Crippen molar-refractivity contribution in [1.82, 2.24) is 9.62 Å². The lowest BCUT2D eigenvalue weighted by Crippen LogP contribution is -2.37. The molecule has 1 unspecified atom stereocenters. The first-order valence-electron chi connectivity index (χ1n) is 9.54. The molecule has 1 fully saturated rings. The molecule has 2 aromatic rings. The van der Waals surface area contributed by atoms with E-state index in [9.17, 15) is 17.7 Å². The summed E-state index contributed by atoms with van der Waals surface area (Å²) < 4.78 is 59.6. The third-order valence-corrected chi connectivity index (χ3v) is 5.85. The zero-order valence-electron chi connectivity index (χ0n) is 16.4. The van der Waals surface area contributed by atoms with Crippen LogP contribution in [-0.4, -0.2) is 34.7 Å². The van der Waals surface area contributed by atoms with Crippen LogP contribution in [0.15, 0.2) is 53.4 Å². The molecule has 0 amide bonds. The molecule has 1 saturated heterocycles. The van der Waals surface area contributed by atoms with E-state index in [2.05, 4.69) is 9.62 Å². The van der Waals surface area contributed by atoms with Crippen LogP contribution in [0.1, 0.15) is 31.4 Å². The Balaban J connectivity index is 1.52. The van der Waals surface area contributed by atoms with Gasteiger partial charge in [0.15, 0.2) is 4.90 Å². The van der Waals surface area contributed by atoms with Gasteiger partial charge in [0.25, 0.3) is 0 Å². The smallest absolute Gasteiger partial charge is 0.416 e. The van der Waals surface area contributed by atoms with Crippen LogP contribution in [0.3, 0.4) is 0 Å². The number of hydrogen-bond acceptors (Lipinski definition) is 4. The molecule has 3 rings (SSSR count). The van der Waals surface area contributed by atoms with E-state index in [-0.39, 0.29) is 17.0 Å². The molecule has 4 nitrogen and oxygen atoms in total. The highest BCUT2D eigenvalue weighted by molar-refractivity contribution is 7.89. The molecule has 1 N–H and O–H groups in total. The second-order valence-corrected chi connectivity index (χ2v) is 8.69. The number of ether oxygens (including phenoxy) is 1. The second kappa shape index (κ2) is 9.38. The van der Waals surface area contributed by atoms with Crippen molar-refractivity contribution in [2.45, 2.75) is 50.0 Å². The van der Waals surface area contributed by atoms with Crippen molar-refractivity contribution in [3.8, 4) is 5.75 Å². The van der Waals surface area contributed by atoms with Crippen molar-refractivity contribution in [3.63, 3.8) is 0 Å². The number of likely N-dealkylation sites (tertiary alicyclic amines) is 1. The normalized spacial score (nSPS) is 18.9. The maximum atomic E-state index is 12.8. The minimum atomic E-state index is -4.44. The predicted molar refractivity (Wildman–Crippen MR) is 107 cm³/mol. The van der Waals surface area contributed by atoms with Crippen LogP contribution in [-0.2, 0) is 24.1 Å². The average Bonchev–Trinajstić information content (AvgIpc) is 3.09. The molecule has 1 heterocycles. The second-order valence-electron chi connectivity index (χ2n) is 7.44. The third kappa shape index (κ3) is 6.37. The fourth-order valence-electron chi connectivity index (χ4n) is 3.28. The van der Waals surface area contributed by atoms with Gasteiger partial charge in [-0.05, 0) is 50.1 Å². The minimum Gasteiger partial charge on any atom is -0.593 e. The zero-order valence-corrected chi connectivity index (χ0v) is 17.2. The Hall–Kier alpha value is -1.74. The molecular weight excluding hydrogens is 401 g/mol. The molecule has 2 aromatic carbocycles. The van der Waals surface area contributed by atoms with Gasteiger partial charge in [-0.15, -0.1) is 4.72 Å². The molecule has 0 aromatic heterocycles. The SMILES string of the molecule is CC(C)Oc1ccc(CN2CC[C@@H](N[S+]([O-])c3cccc(C(F)(F)F)c3)C2)cc1. The van der Waals surface area contributed by atoms with Gasteiger partial charge in [-0.1, -0.05) is 18.2 Å². The van der Waals surface area contributed by atoms with Gasteiger partial charge in [-0.3, -0.25) is 4.90 Å². The summed E-state index contributed by atoms with van der Waals surface area (Å²) in [6, 6.07) is 12.6. The van der Waals surface area contributed by atoms with Crippen LogP contribution in [0.25, 0.3) is 0 Å². The van der Waals surface area contributed by atoms with Crippen molar-refractivity contribution in [2.24, 2.45) is 0 Å². The van der Waals surface area contributed by atoms with Gasteiger partial charge in [0.1, 0.15) is 5.75 Å². The number of rotatable bonds is 7. The summed E-state index contributed by atoms with van der Waals surface area (Å²) in [6.07, 6.45) is -3.52. The summed E-state index contributed by atoms with van der Waals surface area (Å²) in [5.41, 5.74) is 0.365. The molecular formula is C21H25F3N2O2S. The van der Waals surface area contributed by atoms with Crippen LogP contribution < -0.4 is 9.46 Å². The lowest BCUT2D eigenvalue weighted by Gasteiger charge is -2.18. The number of halogens is 3. The summed E-state index contributed by atoms with van der Waals surface area (Å²) in [4.78, 5) is 2.37. The van der Waals surface area contributed by atoms with Crippen molar-refractivity contribution < 1.29 is 22.5 Å². The van der Waals surface area contributed by atoms with Crippen molar-refractivity contribution in [2.75, 3.05) is 13.1 Å². The fourth-order valence-corrected chi connectivity index (χ4v) is 4.35. The lowest BCUT2D eigenvalue weighted by atomic mass is 10.2. The molecule has 1 aliphatic rings. The Bertz CT molecular complexity index is 799. The average molecular weight is 427 g/mol. The zero-order chi connectivity index (χ0) is 21.0. The van der Waals surface area contributed by atoms with Crippen LogP contribution in [0.4, 0.5) is 13.2 Å². The van der Waals surface area contributed by atoms with Crippen LogP contribution in [0.5, 0.6) is 5.75 Å². The molecule has 29 heavy (non-hydrogen) atoms. The van der Waals surface area contributed by atoms with E-state index in [4.69, 9.17) is 4.74 Å². The first-order chi connectivity index (χ1) is 13.7. The van der Waals surface area contributed by atoms with E-state index >= 15 is 0 Å². The Morgan fingerprint density at radius 3 is 2.59 bits per heavy atom. The Morgan fingerprint density at radius 1 is 1.21 bits per heavy atom. The van der Waals surface area contributed by atoms with E-state index < -0.39 is 23.1 Å². The molecule has 0 radical (unpaired) electrons. The molecule has 158 valence electrons. The van der Waals surface area contributed by atoms with E-state index in [0.29, 0.717) is 6.54 Å². The molecule has 2 atom stereocenters. The standard InChI is InChI=1S/C21H25F3N2O2S/c1-15(2)28-19-8-6-16(7-9-19)13-26-11-10-18(14-26)25-29(27)20-5-3-4-17(12-20)21(22,23)24/h3-9,12,15,18,25H,10-11,13-14H2,1-2H3/t18-,29?/m1/s1. The first kappa shape index (κ1) is 22.0. The maximum Gasteiger partial charge on any atom is 0.416 e. The summed E-state index contributed by atoms with van der Waals surface area (Å²) in [5, 5.41) is 0. The highest BCUT2D eigenvalue weighted by Gasteiger charge is 2.32.